The van der Waals surface area contributed by atoms with Crippen molar-refractivity contribution in [2.75, 3.05) is 13.6 Å². The third kappa shape index (κ3) is 2.39. The maximum atomic E-state index is 11.6. The molecule has 0 fully saturated rings. The molecular weight excluding hydrogens is 182 g/mol. The molecule has 0 saturated heterocycles. The molecule has 0 unspecified atom stereocenters. The summed E-state index contributed by atoms with van der Waals surface area (Å²) < 4.78 is 0. The molecule has 0 saturated carbocycles. The summed E-state index contributed by atoms with van der Waals surface area (Å²) in [5.74, 6) is 0.628. The summed E-state index contributed by atoms with van der Waals surface area (Å²) in [4.78, 5) is 12.5. The highest BCUT2D eigenvalue weighted by atomic mass is 32.1. The lowest BCUT2D eigenvalue weighted by Gasteiger charge is -2.05. The molecule has 1 rings (SSSR count). The van der Waals surface area contributed by atoms with Crippen LogP contribution in [0.15, 0.2) is 11.4 Å². The summed E-state index contributed by atoms with van der Waals surface area (Å²) in [6.07, 6.45) is 0. The van der Waals surface area contributed by atoms with Gasteiger partial charge >= 0.3 is 0 Å². The Morgan fingerprint density at radius 1 is 1.62 bits per heavy atom. The molecule has 0 aliphatic carbocycles. The highest BCUT2D eigenvalue weighted by Gasteiger charge is 2.13. The summed E-state index contributed by atoms with van der Waals surface area (Å²) in [5.41, 5.74) is 1.17. The predicted octanol–water partition coefficient (Wildman–Crippen LogP) is 2.27. The van der Waals surface area contributed by atoms with Crippen molar-refractivity contribution in [3.05, 3.63) is 21.9 Å². The van der Waals surface area contributed by atoms with E-state index in [0.29, 0.717) is 12.5 Å². The van der Waals surface area contributed by atoms with Gasteiger partial charge in [-0.1, -0.05) is 13.8 Å². The second-order valence-electron chi connectivity index (χ2n) is 3.31. The molecule has 1 heterocycles. The van der Waals surface area contributed by atoms with E-state index in [2.05, 4.69) is 19.2 Å². The van der Waals surface area contributed by atoms with Gasteiger partial charge in [0.15, 0.2) is 5.78 Å². The van der Waals surface area contributed by atoms with E-state index in [0.717, 1.165) is 4.88 Å². The van der Waals surface area contributed by atoms with Crippen LogP contribution in [0.5, 0.6) is 0 Å². The Bertz CT molecular complexity index is 291. The first-order valence-corrected chi connectivity index (χ1v) is 5.30. The second-order valence-corrected chi connectivity index (χ2v) is 4.23. The van der Waals surface area contributed by atoms with Gasteiger partial charge in [-0.2, -0.15) is 0 Å². The van der Waals surface area contributed by atoms with Crippen molar-refractivity contribution in [2.24, 2.45) is 0 Å². The van der Waals surface area contributed by atoms with Gasteiger partial charge in [0.2, 0.25) is 0 Å². The van der Waals surface area contributed by atoms with E-state index < -0.39 is 0 Å². The Morgan fingerprint density at radius 3 is 2.85 bits per heavy atom. The van der Waals surface area contributed by atoms with E-state index in [4.69, 9.17) is 0 Å². The van der Waals surface area contributed by atoms with Gasteiger partial charge in [0, 0.05) is 0 Å². The van der Waals surface area contributed by atoms with Gasteiger partial charge in [0.05, 0.1) is 11.4 Å². The van der Waals surface area contributed by atoms with Crippen LogP contribution in [0.4, 0.5) is 0 Å². The first kappa shape index (κ1) is 10.4. The monoisotopic (exact) mass is 197 g/mol. The van der Waals surface area contributed by atoms with Crippen LogP contribution in [0.1, 0.15) is 35.0 Å². The second kappa shape index (κ2) is 4.53. The molecule has 0 aliphatic rings. The Labute approximate surface area is 83.0 Å². The standard InChI is InChI=1S/C10H15NOS/c1-7(2)8-4-5-13-10(8)9(12)6-11-3/h4-5,7,11H,6H2,1-3H3. The van der Waals surface area contributed by atoms with Gasteiger partial charge in [-0.05, 0) is 30.0 Å². The zero-order chi connectivity index (χ0) is 9.84. The molecule has 0 spiro atoms. The van der Waals surface area contributed by atoms with Gasteiger partial charge in [-0.15, -0.1) is 11.3 Å². The fourth-order valence-corrected chi connectivity index (χ4v) is 2.24. The van der Waals surface area contributed by atoms with Crippen LogP contribution in [0.3, 0.4) is 0 Å². The van der Waals surface area contributed by atoms with Gasteiger partial charge in [-0.3, -0.25) is 4.79 Å². The molecule has 0 atom stereocenters. The molecule has 1 aromatic heterocycles. The van der Waals surface area contributed by atoms with Crippen LogP contribution >= 0.6 is 11.3 Å². The number of likely N-dealkylation sites (N-methyl/N-ethyl adjacent to an activating group) is 1. The van der Waals surface area contributed by atoms with Crippen molar-refractivity contribution in [3.63, 3.8) is 0 Å². The Morgan fingerprint density at radius 2 is 2.31 bits per heavy atom. The third-order valence-electron chi connectivity index (χ3n) is 1.91. The smallest absolute Gasteiger partial charge is 0.186 e. The number of carbonyl (C=O) groups excluding carboxylic acids is 1. The lowest BCUT2D eigenvalue weighted by molar-refractivity contribution is 0.0996. The van der Waals surface area contributed by atoms with Crippen molar-refractivity contribution in [1.82, 2.24) is 5.32 Å². The lowest BCUT2D eigenvalue weighted by Crippen LogP contribution is -2.18. The summed E-state index contributed by atoms with van der Waals surface area (Å²) in [5, 5.41) is 4.86. The highest BCUT2D eigenvalue weighted by molar-refractivity contribution is 7.12. The van der Waals surface area contributed by atoms with E-state index in [1.807, 2.05) is 11.4 Å². The largest absolute Gasteiger partial charge is 0.313 e. The molecule has 0 radical (unpaired) electrons. The first-order valence-electron chi connectivity index (χ1n) is 4.42. The van der Waals surface area contributed by atoms with E-state index in [-0.39, 0.29) is 5.78 Å². The predicted molar refractivity (Wildman–Crippen MR) is 56.7 cm³/mol. The van der Waals surface area contributed by atoms with Crippen molar-refractivity contribution in [1.29, 1.82) is 0 Å². The van der Waals surface area contributed by atoms with Crippen LogP contribution < -0.4 is 5.32 Å². The van der Waals surface area contributed by atoms with Crippen molar-refractivity contribution in [3.8, 4) is 0 Å². The molecule has 72 valence electrons. The summed E-state index contributed by atoms with van der Waals surface area (Å²) >= 11 is 1.54. The highest BCUT2D eigenvalue weighted by Crippen LogP contribution is 2.24. The van der Waals surface area contributed by atoms with Gasteiger partial charge in [0.1, 0.15) is 0 Å². The van der Waals surface area contributed by atoms with Gasteiger partial charge in [0.25, 0.3) is 0 Å². The van der Waals surface area contributed by atoms with E-state index >= 15 is 0 Å². The maximum Gasteiger partial charge on any atom is 0.186 e. The Hall–Kier alpha value is -0.670. The minimum atomic E-state index is 0.196. The average Bonchev–Trinajstić information content (AvgIpc) is 2.52. The maximum absolute atomic E-state index is 11.6. The fraction of sp³-hybridized carbons (Fsp3) is 0.500. The van der Waals surface area contributed by atoms with E-state index in [1.165, 1.54) is 16.9 Å². The molecule has 13 heavy (non-hydrogen) atoms. The molecule has 0 aliphatic heterocycles. The summed E-state index contributed by atoms with van der Waals surface area (Å²) in [7, 11) is 1.79. The van der Waals surface area contributed by atoms with Crippen LogP contribution in [0.25, 0.3) is 0 Å². The van der Waals surface area contributed by atoms with Crippen molar-refractivity contribution < 1.29 is 4.79 Å². The molecule has 1 N–H and O–H groups in total. The number of ketones is 1. The third-order valence-corrected chi connectivity index (χ3v) is 2.88. The molecule has 0 bridgehead atoms. The molecule has 0 amide bonds. The Balaban J connectivity index is 2.87. The molecule has 2 nitrogen and oxygen atoms in total. The minimum Gasteiger partial charge on any atom is -0.313 e. The number of nitrogens with one attached hydrogen (secondary N) is 1. The van der Waals surface area contributed by atoms with E-state index in [9.17, 15) is 4.79 Å². The first-order chi connectivity index (χ1) is 6.16. The molecule has 3 heteroatoms. The number of carbonyl (C=O) groups is 1. The van der Waals surface area contributed by atoms with Gasteiger partial charge in [-0.25, -0.2) is 0 Å². The number of hydrogen-bond donors (Lipinski definition) is 1. The number of rotatable bonds is 4. The van der Waals surface area contributed by atoms with Gasteiger partial charge < -0.3 is 5.32 Å². The number of Topliss-reactive ketones (excluding diaryl/α,β-unsaturated/α-hetero) is 1. The zero-order valence-electron chi connectivity index (χ0n) is 8.26. The molecule has 1 aromatic rings. The van der Waals surface area contributed by atoms with Crippen molar-refractivity contribution >= 4 is 17.1 Å². The van der Waals surface area contributed by atoms with E-state index in [1.54, 1.807) is 7.05 Å². The van der Waals surface area contributed by atoms with Crippen LogP contribution in [-0.4, -0.2) is 19.4 Å². The number of thiophene rings is 1. The average molecular weight is 197 g/mol. The number of hydrogen-bond acceptors (Lipinski definition) is 3. The quantitative estimate of drug-likeness (QED) is 0.750. The summed E-state index contributed by atoms with van der Waals surface area (Å²) in [6, 6.07) is 2.04. The minimum absolute atomic E-state index is 0.196. The van der Waals surface area contributed by atoms with Crippen LogP contribution in [0, 0.1) is 0 Å². The zero-order valence-corrected chi connectivity index (χ0v) is 9.07. The molecule has 0 aromatic carbocycles. The normalized spacial score (nSPS) is 10.8. The van der Waals surface area contributed by atoms with Crippen LogP contribution in [0.2, 0.25) is 0 Å². The SMILES string of the molecule is CNCC(=O)c1sccc1C(C)C. The molecular formula is C10H15NOS. The fourth-order valence-electron chi connectivity index (χ4n) is 1.24. The lowest BCUT2D eigenvalue weighted by atomic mass is 10.0. The van der Waals surface area contributed by atoms with Crippen molar-refractivity contribution in [2.45, 2.75) is 19.8 Å². The summed E-state index contributed by atoms with van der Waals surface area (Å²) in [6.45, 7) is 4.65. The Kier molecular flexibility index (Phi) is 3.63. The topological polar surface area (TPSA) is 29.1 Å². The van der Waals surface area contributed by atoms with Crippen LogP contribution in [-0.2, 0) is 0 Å².